The molecule has 2 N–H and O–H groups in total. The Labute approximate surface area is 126 Å². The molecular weight excluding hydrogens is 292 g/mol. The van der Waals surface area contributed by atoms with Gasteiger partial charge in [0.1, 0.15) is 6.67 Å². The van der Waals surface area contributed by atoms with Gasteiger partial charge in [0, 0.05) is 25.4 Å². The highest BCUT2D eigenvalue weighted by atomic mass is 19.1. The van der Waals surface area contributed by atoms with E-state index in [0.717, 1.165) is 5.56 Å². The molecule has 2 rings (SSSR count). The molecular formula is C15H15F2N3O2. The van der Waals surface area contributed by atoms with Crippen LogP contribution in [0, 0.1) is 5.82 Å². The maximum absolute atomic E-state index is 13.5. The van der Waals surface area contributed by atoms with Gasteiger partial charge < -0.3 is 15.4 Å². The molecule has 0 aliphatic carbocycles. The number of ether oxygens (including phenoxy) is 1. The summed E-state index contributed by atoms with van der Waals surface area (Å²) in [6.07, 6.45) is 1.49. The van der Waals surface area contributed by atoms with Crippen LogP contribution in [-0.2, 0) is 6.54 Å². The van der Waals surface area contributed by atoms with Crippen LogP contribution in [0.1, 0.15) is 5.56 Å². The maximum atomic E-state index is 13.5. The third kappa shape index (κ3) is 4.69. The summed E-state index contributed by atoms with van der Waals surface area (Å²) in [5, 5.41) is 4.91. The normalized spacial score (nSPS) is 10.1. The number of aromatic nitrogens is 1. The Hall–Kier alpha value is -2.70. The number of hydrogen-bond donors (Lipinski definition) is 2. The lowest BCUT2D eigenvalue weighted by Crippen LogP contribution is -2.36. The Morgan fingerprint density at radius 1 is 1.23 bits per heavy atom. The van der Waals surface area contributed by atoms with Crippen molar-refractivity contribution in [3.63, 3.8) is 0 Å². The fourth-order valence-electron chi connectivity index (χ4n) is 1.66. The van der Waals surface area contributed by atoms with Gasteiger partial charge in [0.15, 0.2) is 11.6 Å². The number of carbonyl (C=O) groups excluding carboxylic acids is 1. The van der Waals surface area contributed by atoms with Gasteiger partial charge in [-0.05, 0) is 23.8 Å². The lowest BCUT2D eigenvalue weighted by molar-refractivity contribution is 0.239. The highest BCUT2D eigenvalue weighted by Crippen LogP contribution is 2.22. The van der Waals surface area contributed by atoms with E-state index in [9.17, 15) is 13.6 Å². The summed E-state index contributed by atoms with van der Waals surface area (Å²) < 4.78 is 30.8. The maximum Gasteiger partial charge on any atom is 0.315 e. The first-order valence-corrected chi connectivity index (χ1v) is 6.64. The van der Waals surface area contributed by atoms with E-state index >= 15 is 0 Å². The average molecular weight is 307 g/mol. The molecule has 0 saturated heterocycles. The van der Waals surface area contributed by atoms with Crippen molar-refractivity contribution in [2.24, 2.45) is 0 Å². The minimum atomic E-state index is -0.622. The molecule has 2 aromatic rings. The Kier molecular flexibility index (Phi) is 5.65. The van der Waals surface area contributed by atoms with E-state index in [1.165, 1.54) is 18.3 Å². The molecule has 0 saturated carbocycles. The number of alkyl halides is 1. The van der Waals surface area contributed by atoms with Crippen LogP contribution in [-0.4, -0.2) is 24.2 Å². The summed E-state index contributed by atoms with van der Waals surface area (Å²) in [5.41, 5.74) is 0.719. The van der Waals surface area contributed by atoms with Crippen molar-refractivity contribution in [1.82, 2.24) is 15.6 Å². The second-order valence-electron chi connectivity index (χ2n) is 4.33. The molecule has 1 aromatic heterocycles. The first-order valence-electron chi connectivity index (χ1n) is 6.64. The molecule has 0 spiro atoms. The Morgan fingerprint density at radius 2 is 2.05 bits per heavy atom. The predicted octanol–water partition coefficient (Wildman–Crippen LogP) is 2.78. The van der Waals surface area contributed by atoms with Crippen LogP contribution in [0.5, 0.6) is 11.6 Å². The molecule has 2 amide bonds. The predicted molar refractivity (Wildman–Crippen MR) is 76.9 cm³/mol. The number of rotatable bonds is 6. The van der Waals surface area contributed by atoms with E-state index in [-0.39, 0.29) is 24.7 Å². The molecule has 0 radical (unpaired) electrons. The Morgan fingerprint density at radius 3 is 2.82 bits per heavy atom. The number of para-hydroxylation sites is 1. The first kappa shape index (κ1) is 15.7. The fourth-order valence-corrected chi connectivity index (χ4v) is 1.66. The van der Waals surface area contributed by atoms with E-state index in [1.807, 2.05) is 0 Å². The second kappa shape index (κ2) is 7.92. The zero-order chi connectivity index (χ0) is 15.8. The third-order valence-electron chi connectivity index (χ3n) is 2.68. The highest BCUT2D eigenvalue weighted by Gasteiger charge is 2.06. The number of hydrogen-bond acceptors (Lipinski definition) is 3. The lowest BCUT2D eigenvalue weighted by atomic mass is 10.2. The number of benzene rings is 1. The number of carbonyl (C=O) groups is 1. The smallest absolute Gasteiger partial charge is 0.315 e. The van der Waals surface area contributed by atoms with E-state index in [2.05, 4.69) is 15.6 Å². The van der Waals surface area contributed by atoms with Gasteiger partial charge in [-0.15, -0.1) is 0 Å². The minimum absolute atomic E-state index is 0.0379. The largest absolute Gasteiger partial charge is 0.436 e. The van der Waals surface area contributed by atoms with E-state index in [0.29, 0.717) is 0 Å². The van der Waals surface area contributed by atoms with Gasteiger partial charge in [-0.2, -0.15) is 0 Å². The molecule has 0 aliphatic heterocycles. The molecule has 1 aromatic carbocycles. The number of halogens is 2. The van der Waals surface area contributed by atoms with Crippen LogP contribution in [0.4, 0.5) is 13.6 Å². The first-order chi connectivity index (χ1) is 10.7. The summed E-state index contributed by atoms with van der Waals surface area (Å²) in [6, 6.07) is 8.80. The number of amides is 2. The molecule has 1 heterocycles. The molecule has 116 valence electrons. The van der Waals surface area contributed by atoms with Crippen LogP contribution in [0.25, 0.3) is 0 Å². The molecule has 22 heavy (non-hydrogen) atoms. The molecule has 0 aliphatic rings. The quantitative estimate of drug-likeness (QED) is 0.862. The molecule has 0 fully saturated rings. The van der Waals surface area contributed by atoms with Gasteiger partial charge in [0.2, 0.25) is 5.88 Å². The number of nitrogens with zero attached hydrogens (tertiary/aromatic N) is 1. The third-order valence-corrected chi connectivity index (χ3v) is 2.68. The van der Waals surface area contributed by atoms with Crippen LogP contribution in [0.3, 0.4) is 0 Å². The van der Waals surface area contributed by atoms with Crippen LogP contribution in [0.15, 0.2) is 42.6 Å². The zero-order valence-corrected chi connectivity index (χ0v) is 11.7. The minimum Gasteiger partial charge on any atom is -0.436 e. The molecule has 0 unspecified atom stereocenters. The van der Waals surface area contributed by atoms with Gasteiger partial charge in [0.25, 0.3) is 0 Å². The van der Waals surface area contributed by atoms with Gasteiger partial charge in [-0.1, -0.05) is 12.1 Å². The summed E-state index contributed by atoms with van der Waals surface area (Å²) in [5.74, 6) is -0.201. The average Bonchev–Trinajstić information content (AvgIpc) is 2.53. The van der Waals surface area contributed by atoms with Crippen molar-refractivity contribution in [2.75, 3.05) is 13.2 Å². The van der Waals surface area contributed by atoms with Crippen LogP contribution >= 0.6 is 0 Å². The number of urea groups is 1. The van der Waals surface area contributed by atoms with Gasteiger partial charge in [0.05, 0.1) is 0 Å². The van der Waals surface area contributed by atoms with Gasteiger partial charge in [-0.3, -0.25) is 0 Å². The van der Waals surface area contributed by atoms with E-state index < -0.39 is 18.5 Å². The van der Waals surface area contributed by atoms with E-state index in [1.54, 1.807) is 24.3 Å². The van der Waals surface area contributed by atoms with Crippen molar-refractivity contribution in [3.8, 4) is 11.6 Å². The molecule has 7 heteroatoms. The Bertz CT molecular complexity index is 638. The standard InChI is InChI=1S/C15H15F2N3O2/c16-6-8-19-15(21)20-10-11-5-7-18-14(9-11)22-13-4-2-1-3-12(13)17/h1-5,7,9H,6,8,10H2,(H2,19,20,21). The van der Waals surface area contributed by atoms with Crippen molar-refractivity contribution in [3.05, 3.63) is 54.0 Å². The van der Waals surface area contributed by atoms with Crippen LogP contribution < -0.4 is 15.4 Å². The van der Waals surface area contributed by atoms with Crippen LogP contribution in [0.2, 0.25) is 0 Å². The summed E-state index contributed by atoms with van der Waals surface area (Å²) in [7, 11) is 0. The highest BCUT2D eigenvalue weighted by molar-refractivity contribution is 5.73. The van der Waals surface area contributed by atoms with Gasteiger partial charge in [-0.25, -0.2) is 18.6 Å². The summed E-state index contributed by atoms with van der Waals surface area (Å²) >= 11 is 0. The van der Waals surface area contributed by atoms with Crippen molar-refractivity contribution < 1.29 is 18.3 Å². The second-order valence-corrected chi connectivity index (χ2v) is 4.33. The topological polar surface area (TPSA) is 63.2 Å². The van der Waals surface area contributed by atoms with Crippen molar-refractivity contribution in [2.45, 2.75) is 6.54 Å². The van der Waals surface area contributed by atoms with Crippen molar-refractivity contribution >= 4 is 6.03 Å². The zero-order valence-electron chi connectivity index (χ0n) is 11.7. The lowest BCUT2D eigenvalue weighted by Gasteiger charge is -2.08. The summed E-state index contributed by atoms with van der Waals surface area (Å²) in [6.45, 7) is -0.443. The molecule has 0 bridgehead atoms. The fraction of sp³-hybridized carbons (Fsp3) is 0.200. The molecule has 0 atom stereocenters. The van der Waals surface area contributed by atoms with E-state index in [4.69, 9.17) is 4.74 Å². The Balaban J connectivity index is 1.95. The monoisotopic (exact) mass is 307 g/mol. The van der Waals surface area contributed by atoms with Crippen molar-refractivity contribution in [1.29, 1.82) is 0 Å². The number of pyridine rings is 1. The summed E-state index contributed by atoms with van der Waals surface area (Å²) in [4.78, 5) is 15.3. The number of nitrogens with one attached hydrogen (secondary N) is 2. The van der Waals surface area contributed by atoms with Gasteiger partial charge >= 0.3 is 6.03 Å². The SMILES string of the molecule is O=C(NCCF)NCc1ccnc(Oc2ccccc2F)c1. The molecule has 5 nitrogen and oxygen atoms in total.